The van der Waals surface area contributed by atoms with Crippen molar-refractivity contribution in [1.29, 1.82) is 0 Å². The largest absolute Gasteiger partial charge is 0.478 e. The highest BCUT2D eigenvalue weighted by Gasteiger charge is 2.24. The van der Waals surface area contributed by atoms with Crippen molar-refractivity contribution in [2.45, 2.75) is 13.1 Å². The van der Waals surface area contributed by atoms with Crippen molar-refractivity contribution in [2.75, 3.05) is 0 Å². The van der Waals surface area contributed by atoms with Crippen molar-refractivity contribution in [3.63, 3.8) is 0 Å². The number of aromatic nitrogens is 2. The van der Waals surface area contributed by atoms with Crippen LogP contribution in [-0.4, -0.2) is 27.4 Å². The maximum atomic E-state index is 13.6. The molecule has 118 valence electrons. The lowest BCUT2D eigenvalue weighted by Gasteiger charge is -2.16. The Morgan fingerprint density at radius 1 is 1.22 bits per heavy atom. The molecule has 1 N–H and O–H groups in total. The molecule has 0 amide bonds. The molecule has 0 aliphatic heterocycles. The van der Waals surface area contributed by atoms with Gasteiger partial charge in [-0.15, -0.1) is 10.2 Å². The Bertz CT molecular complexity index is 811. The minimum Gasteiger partial charge on any atom is -0.478 e. The first-order valence-corrected chi connectivity index (χ1v) is 7.24. The maximum absolute atomic E-state index is 13.6. The van der Waals surface area contributed by atoms with Gasteiger partial charge >= 0.3 is 5.97 Å². The number of rotatable bonds is 3. The van der Waals surface area contributed by atoms with Gasteiger partial charge in [-0.2, -0.15) is 0 Å². The molecule has 7 heteroatoms. The fraction of sp³-hybridized carbons (Fsp3) is 0.188. The van der Waals surface area contributed by atoms with Crippen LogP contribution in [0.5, 0.6) is 0 Å². The van der Waals surface area contributed by atoms with E-state index in [1.54, 1.807) is 25.1 Å². The molecule has 0 radical (unpaired) electrons. The Labute approximate surface area is 136 Å². The fourth-order valence-electron chi connectivity index (χ4n) is 2.19. The summed E-state index contributed by atoms with van der Waals surface area (Å²) in [5.41, 5.74) is 1.24. The van der Waals surface area contributed by atoms with Crippen molar-refractivity contribution < 1.29 is 18.7 Å². The van der Waals surface area contributed by atoms with Crippen LogP contribution >= 0.6 is 11.6 Å². The molecule has 0 spiro atoms. The summed E-state index contributed by atoms with van der Waals surface area (Å²) in [5.74, 6) is -0.917. The van der Waals surface area contributed by atoms with E-state index in [2.05, 4.69) is 10.2 Å². The summed E-state index contributed by atoms with van der Waals surface area (Å²) in [6.07, 6.45) is 1.82. The zero-order valence-electron chi connectivity index (χ0n) is 12.0. The van der Waals surface area contributed by atoms with E-state index >= 15 is 0 Å². The highest BCUT2D eigenvalue weighted by molar-refractivity contribution is 6.36. The fourth-order valence-corrected chi connectivity index (χ4v) is 2.46. The van der Waals surface area contributed by atoms with Crippen LogP contribution in [0.4, 0.5) is 4.39 Å². The molecule has 1 aliphatic carbocycles. The van der Waals surface area contributed by atoms with Crippen LogP contribution in [0, 0.1) is 5.92 Å². The summed E-state index contributed by atoms with van der Waals surface area (Å²) >= 11 is 6.05. The highest BCUT2D eigenvalue weighted by Crippen LogP contribution is 2.34. The number of carboxylic acids is 1. The molecule has 0 fully saturated rings. The van der Waals surface area contributed by atoms with Gasteiger partial charge in [0.1, 0.15) is 6.17 Å². The molecule has 1 aliphatic rings. The molecule has 2 unspecified atom stereocenters. The summed E-state index contributed by atoms with van der Waals surface area (Å²) in [4.78, 5) is 10.8. The molecular formula is C16H12ClFN2O3. The molecule has 23 heavy (non-hydrogen) atoms. The van der Waals surface area contributed by atoms with Crippen LogP contribution in [0.15, 0.2) is 45.9 Å². The summed E-state index contributed by atoms with van der Waals surface area (Å²) in [5, 5.41) is 17.0. The summed E-state index contributed by atoms with van der Waals surface area (Å²) in [6, 6.07) is 6.05. The van der Waals surface area contributed by atoms with Crippen LogP contribution in [0.1, 0.15) is 23.2 Å². The minimum atomic E-state index is -1.14. The number of carboxylic acid groups (broad SMARTS) is 1. The number of benzene rings is 1. The lowest BCUT2D eigenvalue weighted by Crippen LogP contribution is -2.12. The van der Waals surface area contributed by atoms with E-state index < -0.39 is 12.1 Å². The zero-order chi connectivity index (χ0) is 16.6. The molecule has 0 bridgehead atoms. The highest BCUT2D eigenvalue weighted by atomic mass is 35.5. The third-order valence-corrected chi connectivity index (χ3v) is 3.86. The monoisotopic (exact) mass is 334 g/mol. The Balaban J connectivity index is 1.90. The molecule has 0 saturated carbocycles. The lowest BCUT2D eigenvalue weighted by molar-refractivity contribution is 0.0697. The first kappa shape index (κ1) is 15.4. The molecule has 1 heterocycles. The zero-order valence-corrected chi connectivity index (χ0v) is 12.8. The molecule has 5 nitrogen and oxygen atoms in total. The van der Waals surface area contributed by atoms with E-state index in [4.69, 9.17) is 21.1 Å². The van der Waals surface area contributed by atoms with Gasteiger partial charge in [-0.1, -0.05) is 24.6 Å². The number of aromatic carboxylic acids is 1. The molecule has 2 aromatic rings. The molecule has 1 aromatic carbocycles. The lowest BCUT2D eigenvalue weighted by atomic mass is 9.96. The van der Waals surface area contributed by atoms with Gasteiger partial charge in [0, 0.05) is 11.5 Å². The van der Waals surface area contributed by atoms with Gasteiger partial charge in [-0.3, -0.25) is 0 Å². The summed E-state index contributed by atoms with van der Waals surface area (Å²) in [6.45, 7) is 1.73. The first-order valence-electron chi connectivity index (χ1n) is 6.87. The van der Waals surface area contributed by atoms with Crippen LogP contribution in [0.3, 0.4) is 0 Å². The van der Waals surface area contributed by atoms with Gasteiger partial charge < -0.3 is 9.52 Å². The third-order valence-electron chi connectivity index (χ3n) is 3.53. The average Bonchev–Trinajstić information content (AvgIpc) is 3.00. The quantitative estimate of drug-likeness (QED) is 0.920. The van der Waals surface area contributed by atoms with Gasteiger partial charge in [0.15, 0.2) is 0 Å². The predicted octanol–water partition coefficient (Wildman–Crippen LogP) is 3.93. The van der Waals surface area contributed by atoms with Crippen molar-refractivity contribution >= 4 is 23.1 Å². The molecular weight excluding hydrogens is 323 g/mol. The Morgan fingerprint density at radius 3 is 2.52 bits per heavy atom. The number of halogens is 2. The second kappa shape index (κ2) is 5.96. The van der Waals surface area contributed by atoms with Gasteiger partial charge in [0.05, 0.1) is 16.2 Å². The Kier molecular flexibility index (Phi) is 4.00. The topological polar surface area (TPSA) is 76.2 Å². The van der Waals surface area contributed by atoms with Gasteiger partial charge in [0.25, 0.3) is 0 Å². The summed E-state index contributed by atoms with van der Waals surface area (Å²) < 4.78 is 19.1. The van der Waals surface area contributed by atoms with Crippen LogP contribution in [-0.2, 0) is 0 Å². The van der Waals surface area contributed by atoms with E-state index in [-0.39, 0.29) is 28.3 Å². The Hall–Kier alpha value is -2.47. The normalized spacial score (nSPS) is 20.8. The second-order valence-corrected chi connectivity index (χ2v) is 5.60. The molecule has 2 atom stereocenters. The van der Waals surface area contributed by atoms with E-state index in [1.807, 2.05) is 0 Å². The number of nitrogens with zero attached hydrogens (tertiary/aromatic N) is 2. The average molecular weight is 335 g/mol. The van der Waals surface area contributed by atoms with Crippen molar-refractivity contribution in [1.82, 2.24) is 10.2 Å². The van der Waals surface area contributed by atoms with E-state index in [1.165, 1.54) is 18.2 Å². The number of hydrogen-bond acceptors (Lipinski definition) is 4. The molecule has 3 rings (SSSR count). The molecule has 0 saturated heterocycles. The number of allylic oxidation sites excluding steroid dienone is 4. The van der Waals surface area contributed by atoms with Crippen LogP contribution in [0.2, 0.25) is 0 Å². The second-order valence-electron chi connectivity index (χ2n) is 5.19. The maximum Gasteiger partial charge on any atom is 0.335 e. The minimum absolute atomic E-state index is 0.164. The van der Waals surface area contributed by atoms with E-state index in [0.29, 0.717) is 11.1 Å². The van der Waals surface area contributed by atoms with Gasteiger partial charge in [-0.25, -0.2) is 9.18 Å². The third kappa shape index (κ3) is 3.03. The van der Waals surface area contributed by atoms with Crippen molar-refractivity contribution in [3.8, 4) is 11.5 Å². The molecule has 1 aromatic heterocycles. The number of alkyl halides is 1. The Morgan fingerprint density at radius 2 is 1.87 bits per heavy atom. The van der Waals surface area contributed by atoms with Gasteiger partial charge in [-0.05, 0) is 30.3 Å². The van der Waals surface area contributed by atoms with Crippen LogP contribution < -0.4 is 0 Å². The van der Waals surface area contributed by atoms with E-state index in [0.717, 1.165) is 0 Å². The number of hydrogen-bond donors (Lipinski definition) is 1. The SMILES string of the molecule is CC1C=C(c2nnc(-c3ccc(C(=O)O)cc3)o2)C(Cl)=CC1F. The van der Waals surface area contributed by atoms with Crippen molar-refractivity contribution in [2.24, 2.45) is 5.92 Å². The van der Waals surface area contributed by atoms with E-state index in [9.17, 15) is 9.18 Å². The van der Waals surface area contributed by atoms with Gasteiger partial charge in [0.2, 0.25) is 11.8 Å². The smallest absolute Gasteiger partial charge is 0.335 e. The number of carbonyl (C=O) groups is 1. The standard InChI is InChI=1S/C16H12ClFN2O3/c1-8-6-11(12(17)7-13(8)18)15-20-19-14(23-15)9-2-4-10(5-3-9)16(21)22/h2-8,13H,1H3,(H,21,22). The summed E-state index contributed by atoms with van der Waals surface area (Å²) in [7, 11) is 0. The first-order chi connectivity index (χ1) is 11.0. The predicted molar refractivity (Wildman–Crippen MR) is 82.7 cm³/mol. The van der Waals surface area contributed by atoms with Crippen LogP contribution in [0.25, 0.3) is 17.0 Å². The van der Waals surface area contributed by atoms with Crippen molar-refractivity contribution in [3.05, 3.63) is 52.9 Å².